The van der Waals surface area contributed by atoms with Crippen LogP contribution >= 0.6 is 0 Å². The molecular formula is C15H20FNO3. The van der Waals surface area contributed by atoms with Gasteiger partial charge in [-0.3, -0.25) is 0 Å². The number of aliphatic hydroxyl groups is 1. The molecule has 5 heteroatoms. The van der Waals surface area contributed by atoms with Crippen LogP contribution in [0.3, 0.4) is 0 Å². The fourth-order valence-corrected chi connectivity index (χ4v) is 2.73. The van der Waals surface area contributed by atoms with Gasteiger partial charge in [0.2, 0.25) is 0 Å². The first kappa shape index (κ1) is 13.6. The van der Waals surface area contributed by atoms with Gasteiger partial charge in [0.1, 0.15) is 19.4 Å². The van der Waals surface area contributed by atoms with Gasteiger partial charge in [0.05, 0.1) is 6.10 Å². The summed E-state index contributed by atoms with van der Waals surface area (Å²) in [5.74, 6) is 1.42. The molecule has 20 heavy (non-hydrogen) atoms. The Morgan fingerprint density at radius 1 is 1.30 bits per heavy atom. The number of rotatable bonds is 4. The molecule has 1 aromatic carbocycles. The second-order valence-electron chi connectivity index (χ2n) is 5.39. The van der Waals surface area contributed by atoms with Crippen LogP contribution in [-0.4, -0.2) is 49.0 Å². The summed E-state index contributed by atoms with van der Waals surface area (Å²) in [4.78, 5) is 2.06. The number of aliphatic hydroxyl groups excluding tert-OH is 1. The molecule has 2 atom stereocenters. The number of likely N-dealkylation sites (tertiary alicyclic amines) is 1. The molecule has 1 fully saturated rings. The van der Waals surface area contributed by atoms with E-state index in [0.717, 1.165) is 24.4 Å². The van der Waals surface area contributed by atoms with E-state index in [1.165, 1.54) is 0 Å². The maximum absolute atomic E-state index is 13.1. The first-order chi connectivity index (χ1) is 9.72. The average Bonchev–Trinajstić information content (AvgIpc) is 2.90. The van der Waals surface area contributed by atoms with Crippen molar-refractivity contribution in [1.82, 2.24) is 4.90 Å². The van der Waals surface area contributed by atoms with E-state index in [2.05, 4.69) is 4.90 Å². The van der Waals surface area contributed by atoms with E-state index < -0.39 is 12.3 Å². The summed E-state index contributed by atoms with van der Waals surface area (Å²) in [6.45, 7) is 3.10. The molecule has 0 radical (unpaired) electrons. The fourth-order valence-electron chi connectivity index (χ4n) is 2.73. The van der Waals surface area contributed by atoms with Gasteiger partial charge in [-0.15, -0.1) is 0 Å². The predicted molar refractivity (Wildman–Crippen MR) is 73.0 cm³/mol. The Morgan fingerprint density at radius 3 is 2.85 bits per heavy atom. The molecule has 1 saturated heterocycles. The molecule has 4 nitrogen and oxygen atoms in total. The second kappa shape index (κ2) is 5.97. The SMILES string of the molecule is OC(CCN1CC[C@@H](F)C1)c1ccc2c(c1)OCCO2. The van der Waals surface area contributed by atoms with Crippen molar-refractivity contribution >= 4 is 0 Å². The quantitative estimate of drug-likeness (QED) is 0.915. The van der Waals surface area contributed by atoms with Crippen molar-refractivity contribution in [3.8, 4) is 11.5 Å². The van der Waals surface area contributed by atoms with E-state index in [4.69, 9.17) is 9.47 Å². The Bertz CT molecular complexity index is 468. The molecule has 1 N–H and O–H groups in total. The maximum atomic E-state index is 13.1. The van der Waals surface area contributed by atoms with E-state index in [1.54, 1.807) is 0 Å². The molecule has 2 aliphatic heterocycles. The molecule has 1 unspecified atom stereocenters. The third-order valence-corrected chi connectivity index (χ3v) is 3.88. The van der Waals surface area contributed by atoms with Gasteiger partial charge in [-0.05, 0) is 30.5 Å². The summed E-state index contributed by atoms with van der Waals surface area (Å²) in [6, 6.07) is 5.53. The number of nitrogens with zero attached hydrogens (tertiary/aromatic N) is 1. The first-order valence-corrected chi connectivity index (χ1v) is 7.16. The summed E-state index contributed by atoms with van der Waals surface area (Å²) >= 11 is 0. The van der Waals surface area contributed by atoms with Crippen LogP contribution < -0.4 is 9.47 Å². The second-order valence-corrected chi connectivity index (χ2v) is 5.39. The third-order valence-electron chi connectivity index (χ3n) is 3.88. The smallest absolute Gasteiger partial charge is 0.161 e. The molecule has 1 aromatic rings. The molecule has 0 amide bonds. The van der Waals surface area contributed by atoms with E-state index in [-0.39, 0.29) is 0 Å². The lowest BCUT2D eigenvalue weighted by Gasteiger charge is -2.21. The fraction of sp³-hybridized carbons (Fsp3) is 0.600. The first-order valence-electron chi connectivity index (χ1n) is 7.16. The van der Waals surface area contributed by atoms with Crippen LogP contribution in [0.2, 0.25) is 0 Å². The maximum Gasteiger partial charge on any atom is 0.161 e. The summed E-state index contributed by atoms with van der Waals surface area (Å²) in [5.41, 5.74) is 0.824. The lowest BCUT2D eigenvalue weighted by molar-refractivity contribution is 0.144. The topological polar surface area (TPSA) is 41.9 Å². The molecule has 0 aromatic heterocycles. The van der Waals surface area contributed by atoms with Gasteiger partial charge in [0, 0.05) is 19.6 Å². The summed E-state index contributed by atoms with van der Waals surface area (Å²) < 4.78 is 24.0. The van der Waals surface area contributed by atoms with Crippen molar-refractivity contribution in [3.05, 3.63) is 23.8 Å². The van der Waals surface area contributed by atoms with E-state index >= 15 is 0 Å². The standard InChI is InChI=1S/C15H20FNO3/c16-12-3-5-17(10-12)6-4-13(18)11-1-2-14-15(9-11)20-8-7-19-14/h1-2,9,12-13,18H,3-8,10H2/t12-,13?/m1/s1. The zero-order valence-electron chi connectivity index (χ0n) is 11.4. The van der Waals surface area contributed by atoms with Crippen molar-refractivity contribution in [1.29, 1.82) is 0 Å². The molecule has 3 rings (SSSR count). The van der Waals surface area contributed by atoms with Crippen LogP contribution in [0, 0.1) is 0 Å². The summed E-state index contributed by atoms with van der Waals surface area (Å²) in [6.07, 6.45) is -0.0436. The van der Waals surface area contributed by atoms with Crippen LogP contribution in [0.15, 0.2) is 18.2 Å². The van der Waals surface area contributed by atoms with Crippen LogP contribution in [0.5, 0.6) is 11.5 Å². The summed E-state index contributed by atoms with van der Waals surface area (Å²) in [5, 5.41) is 10.2. The van der Waals surface area contributed by atoms with Gasteiger partial charge in [0.15, 0.2) is 11.5 Å². The highest BCUT2D eigenvalue weighted by molar-refractivity contribution is 5.44. The zero-order chi connectivity index (χ0) is 13.9. The molecule has 0 aliphatic carbocycles. The van der Waals surface area contributed by atoms with Crippen molar-refractivity contribution in [2.45, 2.75) is 25.1 Å². The Morgan fingerprint density at radius 2 is 2.10 bits per heavy atom. The lowest BCUT2D eigenvalue weighted by Crippen LogP contribution is -2.23. The van der Waals surface area contributed by atoms with Crippen LogP contribution in [0.25, 0.3) is 0 Å². The molecule has 2 aliphatic rings. The zero-order valence-corrected chi connectivity index (χ0v) is 11.4. The number of alkyl halides is 1. The number of halogens is 1. The molecule has 110 valence electrons. The van der Waals surface area contributed by atoms with Crippen molar-refractivity contribution in [2.24, 2.45) is 0 Å². The van der Waals surface area contributed by atoms with Gasteiger partial charge >= 0.3 is 0 Å². The number of hydrogen-bond acceptors (Lipinski definition) is 4. The van der Waals surface area contributed by atoms with Gasteiger partial charge in [-0.1, -0.05) is 6.07 Å². The van der Waals surface area contributed by atoms with Crippen LogP contribution in [-0.2, 0) is 0 Å². The van der Waals surface area contributed by atoms with Gasteiger partial charge in [-0.25, -0.2) is 4.39 Å². The number of fused-ring (bicyclic) bond motifs is 1. The number of hydrogen-bond donors (Lipinski definition) is 1. The van der Waals surface area contributed by atoms with Crippen LogP contribution in [0.1, 0.15) is 24.5 Å². The van der Waals surface area contributed by atoms with Gasteiger partial charge in [-0.2, -0.15) is 0 Å². The lowest BCUT2D eigenvalue weighted by atomic mass is 10.1. The Balaban J connectivity index is 1.58. The van der Waals surface area contributed by atoms with Crippen molar-refractivity contribution in [3.63, 3.8) is 0 Å². The minimum absolute atomic E-state index is 0.494. The normalized spacial score (nSPS) is 23.8. The molecule has 2 heterocycles. The Labute approximate surface area is 118 Å². The van der Waals surface area contributed by atoms with E-state index in [1.807, 2.05) is 18.2 Å². The third kappa shape index (κ3) is 3.04. The average molecular weight is 281 g/mol. The minimum atomic E-state index is -0.707. The monoisotopic (exact) mass is 281 g/mol. The Kier molecular flexibility index (Phi) is 4.08. The highest BCUT2D eigenvalue weighted by Gasteiger charge is 2.22. The minimum Gasteiger partial charge on any atom is -0.486 e. The van der Waals surface area contributed by atoms with Gasteiger partial charge < -0.3 is 19.5 Å². The largest absolute Gasteiger partial charge is 0.486 e. The Hall–Kier alpha value is -1.33. The van der Waals surface area contributed by atoms with Crippen molar-refractivity contribution in [2.75, 3.05) is 32.8 Å². The van der Waals surface area contributed by atoms with E-state index in [0.29, 0.717) is 38.3 Å². The molecule has 0 bridgehead atoms. The highest BCUT2D eigenvalue weighted by atomic mass is 19.1. The highest BCUT2D eigenvalue weighted by Crippen LogP contribution is 2.33. The molecule has 0 saturated carbocycles. The molecular weight excluding hydrogens is 261 g/mol. The number of benzene rings is 1. The van der Waals surface area contributed by atoms with E-state index in [9.17, 15) is 9.50 Å². The van der Waals surface area contributed by atoms with Crippen molar-refractivity contribution < 1.29 is 19.0 Å². The predicted octanol–water partition coefficient (Wildman–Crippen LogP) is 1.93. The number of ether oxygens (including phenoxy) is 2. The summed E-state index contributed by atoms with van der Waals surface area (Å²) in [7, 11) is 0. The molecule has 0 spiro atoms. The van der Waals surface area contributed by atoms with Crippen LogP contribution in [0.4, 0.5) is 4.39 Å². The van der Waals surface area contributed by atoms with Gasteiger partial charge in [0.25, 0.3) is 0 Å².